The molecule has 7 nitrogen and oxygen atoms in total. The zero-order valence-corrected chi connectivity index (χ0v) is 14.8. The van der Waals surface area contributed by atoms with E-state index in [4.69, 9.17) is 14.2 Å². The Balaban J connectivity index is 0.00000180. The summed E-state index contributed by atoms with van der Waals surface area (Å²) >= 11 is 1.76. The topological polar surface area (TPSA) is 93.9 Å². The van der Waals surface area contributed by atoms with Crippen LogP contribution in [-0.2, 0) is 0 Å². The molecule has 0 saturated heterocycles. The predicted molar refractivity (Wildman–Crippen MR) is 98.9 cm³/mol. The van der Waals surface area contributed by atoms with Crippen LogP contribution in [0.15, 0.2) is 52.0 Å². The molecule has 1 saturated carbocycles. The highest BCUT2D eigenvalue weighted by atomic mass is 32.1. The van der Waals surface area contributed by atoms with Crippen molar-refractivity contribution in [3.05, 3.63) is 58.1 Å². The lowest BCUT2D eigenvalue weighted by Gasteiger charge is -2.33. The standard InChI is InChI=1S/C18H14N4O3S.FH/c23-16-7-14(25-22-16)13-8-20-17(9-19-13)24-11-5-10(6-11)18-21-12-3-1-2-4-15(12)26-18;/h1-4,7-11H,5-6H2,(H,22,23);1H. The zero-order valence-electron chi connectivity index (χ0n) is 14.0. The van der Waals surface area contributed by atoms with Gasteiger partial charge in [0.1, 0.15) is 11.8 Å². The first-order valence-electron chi connectivity index (χ1n) is 8.27. The van der Waals surface area contributed by atoms with Crippen molar-refractivity contribution in [1.29, 1.82) is 0 Å². The summed E-state index contributed by atoms with van der Waals surface area (Å²) in [6.07, 6.45) is 5.06. The number of nitrogens with one attached hydrogen (secondary N) is 1. The van der Waals surface area contributed by atoms with Gasteiger partial charge >= 0.3 is 0 Å². The molecule has 0 amide bonds. The zero-order chi connectivity index (χ0) is 17.5. The van der Waals surface area contributed by atoms with Gasteiger partial charge in [0.05, 0.1) is 33.7 Å². The Morgan fingerprint density at radius 2 is 2.04 bits per heavy atom. The molecule has 0 spiro atoms. The summed E-state index contributed by atoms with van der Waals surface area (Å²) in [5.41, 5.74) is 1.24. The number of benzene rings is 1. The maximum Gasteiger partial charge on any atom is 0.280 e. The SMILES string of the molecule is F.O=c1cc(-c2cnc(OC3CC(c4nc5ccccc5s4)C3)cn2)o[nH]1. The minimum absolute atomic E-state index is 0. The van der Waals surface area contributed by atoms with Gasteiger partial charge in [-0.05, 0) is 25.0 Å². The van der Waals surface area contributed by atoms with Gasteiger partial charge in [0.15, 0.2) is 5.76 Å². The monoisotopic (exact) mass is 386 g/mol. The number of nitrogens with zero attached hydrogens (tertiary/aromatic N) is 3. The molecule has 3 heterocycles. The van der Waals surface area contributed by atoms with Crippen LogP contribution in [0.5, 0.6) is 5.88 Å². The number of fused-ring (bicyclic) bond motifs is 1. The molecule has 4 aromatic rings. The molecular weight excluding hydrogens is 371 g/mol. The Bertz CT molecular complexity index is 1080. The Morgan fingerprint density at radius 3 is 2.74 bits per heavy atom. The maximum atomic E-state index is 11.1. The summed E-state index contributed by atoms with van der Waals surface area (Å²) in [4.78, 5) is 24.3. The molecule has 1 fully saturated rings. The molecule has 27 heavy (non-hydrogen) atoms. The van der Waals surface area contributed by atoms with Crippen LogP contribution in [0.3, 0.4) is 0 Å². The normalized spacial score (nSPS) is 18.7. The first-order chi connectivity index (χ1) is 12.7. The molecule has 3 aromatic heterocycles. The quantitative estimate of drug-likeness (QED) is 0.577. The lowest BCUT2D eigenvalue weighted by atomic mass is 9.83. The number of rotatable bonds is 4. The van der Waals surface area contributed by atoms with Gasteiger partial charge in [0.25, 0.3) is 5.56 Å². The van der Waals surface area contributed by atoms with E-state index in [0.29, 0.717) is 23.3 Å². The van der Waals surface area contributed by atoms with Gasteiger partial charge in [-0.1, -0.05) is 12.1 Å². The summed E-state index contributed by atoms with van der Waals surface area (Å²) in [6.45, 7) is 0. The van der Waals surface area contributed by atoms with Crippen LogP contribution in [0, 0.1) is 0 Å². The fraction of sp³-hybridized carbons (Fsp3) is 0.222. The van der Waals surface area contributed by atoms with E-state index in [1.165, 1.54) is 22.0 Å². The number of thiazole rings is 1. The van der Waals surface area contributed by atoms with Gasteiger partial charge in [0, 0.05) is 5.92 Å². The summed E-state index contributed by atoms with van der Waals surface area (Å²) < 4.78 is 12.1. The van der Waals surface area contributed by atoms with Crippen molar-refractivity contribution < 1.29 is 14.0 Å². The molecule has 1 aliphatic rings. The van der Waals surface area contributed by atoms with Crippen molar-refractivity contribution in [1.82, 2.24) is 20.1 Å². The summed E-state index contributed by atoms with van der Waals surface area (Å²) in [6, 6.07) is 9.54. The summed E-state index contributed by atoms with van der Waals surface area (Å²) in [5.74, 6) is 1.27. The molecule has 0 bridgehead atoms. The van der Waals surface area contributed by atoms with Crippen LogP contribution in [0.1, 0.15) is 23.8 Å². The van der Waals surface area contributed by atoms with Crippen molar-refractivity contribution in [2.75, 3.05) is 0 Å². The van der Waals surface area contributed by atoms with Crippen LogP contribution in [0.2, 0.25) is 0 Å². The Labute approximate surface area is 156 Å². The highest BCUT2D eigenvalue weighted by molar-refractivity contribution is 7.18. The molecule has 1 N–H and O–H groups in total. The number of para-hydroxylation sites is 1. The highest BCUT2D eigenvalue weighted by Crippen LogP contribution is 2.41. The Hall–Kier alpha value is -3.07. The van der Waals surface area contributed by atoms with Gasteiger partial charge in [-0.15, -0.1) is 11.3 Å². The van der Waals surface area contributed by atoms with E-state index in [9.17, 15) is 4.79 Å². The number of aromatic nitrogens is 4. The van der Waals surface area contributed by atoms with Crippen LogP contribution >= 0.6 is 11.3 Å². The van der Waals surface area contributed by atoms with Gasteiger partial charge < -0.3 is 9.26 Å². The van der Waals surface area contributed by atoms with E-state index in [-0.39, 0.29) is 16.4 Å². The Kier molecular flexibility index (Phi) is 4.44. The number of aromatic amines is 1. The van der Waals surface area contributed by atoms with Crippen LogP contribution in [0.25, 0.3) is 21.7 Å². The molecule has 1 aliphatic carbocycles. The van der Waals surface area contributed by atoms with E-state index < -0.39 is 0 Å². The van der Waals surface area contributed by atoms with E-state index >= 15 is 0 Å². The van der Waals surface area contributed by atoms with Gasteiger partial charge in [-0.2, -0.15) is 5.16 Å². The lowest BCUT2D eigenvalue weighted by molar-refractivity contribution is 0.0931. The smallest absolute Gasteiger partial charge is 0.280 e. The molecule has 0 unspecified atom stereocenters. The average molecular weight is 386 g/mol. The van der Waals surface area contributed by atoms with Gasteiger partial charge in [-0.25, -0.2) is 15.0 Å². The van der Waals surface area contributed by atoms with Crippen molar-refractivity contribution in [2.24, 2.45) is 0 Å². The first kappa shape index (κ1) is 17.3. The average Bonchev–Trinajstić information content (AvgIpc) is 3.24. The third-order valence-corrected chi connectivity index (χ3v) is 5.65. The lowest BCUT2D eigenvalue weighted by Crippen LogP contribution is -2.32. The minimum Gasteiger partial charge on any atom is -0.473 e. The molecule has 1 aromatic carbocycles. The second kappa shape index (κ2) is 6.92. The first-order valence-corrected chi connectivity index (χ1v) is 9.09. The van der Waals surface area contributed by atoms with E-state index in [2.05, 4.69) is 21.2 Å². The largest absolute Gasteiger partial charge is 0.473 e. The second-order valence-corrected chi connectivity index (χ2v) is 7.31. The number of hydrogen-bond donors (Lipinski definition) is 1. The van der Waals surface area contributed by atoms with Crippen molar-refractivity contribution in [3.63, 3.8) is 0 Å². The molecule has 0 radical (unpaired) electrons. The molecular formula is C18H15FN4O3S. The third-order valence-electron chi connectivity index (χ3n) is 4.45. The Morgan fingerprint density at radius 1 is 1.19 bits per heavy atom. The number of ether oxygens (including phenoxy) is 1. The highest BCUT2D eigenvalue weighted by Gasteiger charge is 2.34. The fourth-order valence-corrected chi connectivity index (χ4v) is 4.11. The summed E-state index contributed by atoms with van der Waals surface area (Å²) in [5, 5.41) is 3.40. The van der Waals surface area contributed by atoms with Crippen LogP contribution in [0.4, 0.5) is 4.70 Å². The minimum atomic E-state index is -0.308. The van der Waals surface area contributed by atoms with E-state index in [1.807, 2.05) is 18.2 Å². The maximum absolute atomic E-state index is 11.1. The van der Waals surface area contributed by atoms with E-state index in [0.717, 1.165) is 18.4 Å². The van der Waals surface area contributed by atoms with E-state index in [1.54, 1.807) is 17.5 Å². The predicted octanol–water partition coefficient (Wildman–Crippen LogP) is 3.51. The van der Waals surface area contributed by atoms with Crippen molar-refractivity contribution in [3.8, 4) is 17.3 Å². The fourth-order valence-electron chi connectivity index (χ4n) is 3.01. The van der Waals surface area contributed by atoms with Crippen molar-refractivity contribution >= 4 is 21.6 Å². The van der Waals surface area contributed by atoms with Gasteiger partial charge in [0.2, 0.25) is 5.88 Å². The summed E-state index contributed by atoms with van der Waals surface area (Å²) in [7, 11) is 0. The van der Waals surface area contributed by atoms with Crippen LogP contribution < -0.4 is 10.3 Å². The second-order valence-electron chi connectivity index (χ2n) is 6.24. The molecule has 9 heteroatoms. The number of hydrogen-bond acceptors (Lipinski definition) is 7. The number of H-pyrrole nitrogens is 1. The van der Waals surface area contributed by atoms with Gasteiger partial charge in [-0.3, -0.25) is 9.50 Å². The molecule has 138 valence electrons. The van der Waals surface area contributed by atoms with Crippen LogP contribution in [-0.4, -0.2) is 26.2 Å². The molecule has 0 aliphatic heterocycles. The van der Waals surface area contributed by atoms with Crippen molar-refractivity contribution in [2.45, 2.75) is 24.9 Å². The third kappa shape index (κ3) is 3.33. The molecule has 0 atom stereocenters. The molecule has 5 rings (SSSR count). The number of halogens is 1.